The van der Waals surface area contributed by atoms with Gasteiger partial charge in [0.25, 0.3) is 0 Å². The molecule has 4 nitrogen and oxygen atoms in total. The summed E-state index contributed by atoms with van der Waals surface area (Å²) in [5, 5.41) is 7.94. The lowest BCUT2D eigenvalue weighted by Crippen LogP contribution is -2.21. The third kappa shape index (κ3) is 2.51. The van der Waals surface area contributed by atoms with Crippen molar-refractivity contribution in [2.75, 3.05) is 13.1 Å². The van der Waals surface area contributed by atoms with Gasteiger partial charge in [0.1, 0.15) is 10.8 Å². The van der Waals surface area contributed by atoms with Crippen molar-refractivity contribution in [2.45, 2.75) is 18.9 Å². The normalized spacial score (nSPS) is 22.3. The number of rotatable bonds is 3. The van der Waals surface area contributed by atoms with Gasteiger partial charge in [0, 0.05) is 54.5 Å². The van der Waals surface area contributed by atoms with E-state index in [-0.39, 0.29) is 5.82 Å². The molecular formula is C19H19FN4S. The summed E-state index contributed by atoms with van der Waals surface area (Å²) in [6.45, 7) is 3.06. The van der Waals surface area contributed by atoms with Gasteiger partial charge >= 0.3 is 0 Å². The van der Waals surface area contributed by atoms with E-state index in [1.54, 1.807) is 23.5 Å². The Balaban J connectivity index is 1.47. The van der Waals surface area contributed by atoms with E-state index in [0.717, 1.165) is 37.3 Å². The molecule has 3 heterocycles. The zero-order chi connectivity index (χ0) is 17.0. The SMILES string of the molecule is Cn1nc(-c2cccc(F)c2)c2c1C[C@H]1CN(Cc3nccs3)C[C@@H]21. The monoisotopic (exact) mass is 354 g/mol. The fourth-order valence-corrected chi connectivity index (χ4v) is 5.11. The van der Waals surface area contributed by atoms with Crippen molar-refractivity contribution < 1.29 is 4.39 Å². The van der Waals surface area contributed by atoms with Gasteiger partial charge in [0.2, 0.25) is 0 Å². The fraction of sp³-hybridized carbons (Fsp3) is 0.368. The van der Waals surface area contributed by atoms with Crippen molar-refractivity contribution in [3.63, 3.8) is 0 Å². The number of nitrogens with zero attached hydrogens (tertiary/aromatic N) is 4. The first-order valence-electron chi connectivity index (χ1n) is 8.61. The summed E-state index contributed by atoms with van der Waals surface area (Å²) in [7, 11) is 2.01. The zero-order valence-corrected chi connectivity index (χ0v) is 14.8. The molecule has 6 heteroatoms. The Morgan fingerprint density at radius 1 is 1.32 bits per heavy atom. The Hall–Kier alpha value is -2.05. The van der Waals surface area contributed by atoms with E-state index in [4.69, 9.17) is 5.10 Å². The fourth-order valence-electron chi connectivity index (χ4n) is 4.45. The summed E-state index contributed by atoms with van der Waals surface area (Å²) in [6, 6.07) is 6.81. The molecule has 0 spiro atoms. The van der Waals surface area contributed by atoms with Crippen molar-refractivity contribution in [2.24, 2.45) is 13.0 Å². The van der Waals surface area contributed by atoms with Crippen LogP contribution >= 0.6 is 11.3 Å². The Morgan fingerprint density at radius 2 is 2.24 bits per heavy atom. The van der Waals surface area contributed by atoms with Crippen molar-refractivity contribution in [3.05, 3.63) is 57.9 Å². The van der Waals surface area contributed by atoms with Gasteiger partial charge in [-0.25, -0.2) is 9.37 Å². The second-order valence-corrected chi connectivity index (χ2v) is 8.01. The van der Waals surface area contributed by atoms with Gasteiger partial charge < -0.3 is 0 Å². The van der Waals surface area contributed by atoms with Crippen molar-refractivity contribution in [1.29, 1.82) is 0 Å². The molecule has 128 valence electrons. The average Bonchev–Trinajstić information content (AvgIpc) is 3.32. The predicted octanol–water partition coefficient (Wildman–Crippen LogP) is 3.45. The molecule has 5 rings (SSSR count). The Kier molecular flexibility index (Phi) is 3.50. The molecule has 3 aromatic rings. The number of aromatic nitrogens is 3. The summed E-state index contributed by atoms with van der Waals surface area (Å²) in [4.78, 5) is 6.92. The molecule has 1 fully saturated rings. The van der Waals surface area contributed by atoms with Crippen LogP contribution in [0.5, 0.6) is 0 Å². The zero-order valence-electron chi connectivity index (χ0n) is 14.0. The topological polar surface area (TPSA) is 34.0 Å². The van der Waals surface area contributed by atoms with E-state index in [1.165, 1.54) is 22.3 Å². The molecule has 1 saturated heterocycles. The quantitative estimate of drug-likeness (QED) is 0.722. The maximum absolute atomic E-state index is 13.7. The smallest absolute Gasteiger partial charge is 0.123 e. The molecular weight excluding hydrogens is 335 g/mol. The van der Waals surface area contributed by atoms with Gasteiger partial charge in [0.05, 0.1) is 12.2 Å². The third-order valence-corrected chi connectivity index (χ3v) is 6.25. The number of likely N-dealkylation sites (tertiary alicyclic amines) is 1. The van der Waals surface area contributed by atoms with Gasteiger partial charge in [-0.05, 0) is 24.5 Å². The maximum Gasteiger partial charge on any atom is 0.123 e. The first-order chi connectivity index (χ1) is 12.2. The van der Waals surface area contributed by atoms with E-state index >= 15 is 0 Å². The number of fused-ring (bicyclic) bond motifs is 3. The van der Waals surface area contributed by atoms with Crippen molar-refractivity contribution in [1.82, 2.24) is 19.7 Å². The van der Waals surface area contributed by atoms with Gasteiger partial charge in [0.15, 0.2) is 0 Å². The standard InChI is InChI=1S/C19H19FN4S/c1-23-16-8-13-9-24(11-17-21-5-6-25-17)10-15(13)18(16)19(22-23)12-3-2-4-14(20)7-12/h2-7,13,15H,8-11H2,1H3/t13-,15+/m0/s1. The molecule has 2 aliphatic rings. The second-order valence-electron chi connectivity index (χ2n) is 7.03. The highest BCUT2D eigenvalue weighted by molar-refractivity contribution is 7.09. The molecule has 0 saturated carbocycles. The maximum atomic E-state index is 13.7. The molecule has 1 aliphatic carbocycles. The van der Waals surface area contributed by atoms with Crippen molar-refractivity contribution >= 4 is 11.3 Å². The van der Waals surface area contributed by atoms with Gasteiger partial charge in [-0.2, -0.15) is 5.10 Å². The van der Waals surface area contributed by atoms with Crippen LogP contribution in [-0.2, 0) is 20.0 Å². The van der Waals surface area contributed by atoms with Crippen molar-refractivity contribution in [3.8, 4) is 11.3 Å². The minimum Gasteiger partial charge on any atom is -0.296 e. The molecule has 1 aromatic carbocycles. The van der Waals surface area contributed by atoms with E-state index < -0.39 is 0 Å². The highest BCUT2D eigenvalue weighted by atomic mass is 32.1. The van der Waals surface area contributed by atoms with E-state index in [2.05, 4.69) is 9.88 Å². The predicted molar refractivity (Wildman–Crippen MR) is 95.9 cm³/mol. The molecule has 0 amide bonds. The first-order valence-corrected chi connectivity index (χ1v) is 9.49. The van der Waals surface area contributed by atoms with E-state index in [1.807, 2.05) is 29.4 Å². The largest absolute Gasteiger partial charge is 0.296 e. The van der Waals surface area contributed by atoms with Crippen LogP contribution in [0.3, 0.4) is 0 Å². The lowest BCUT2D eigenvalue weighted by atomic mass is 9.94. The summed E-state index contributed by atoms with van der Waals surface area (Å²) in [6.07, 6.45) is 2.94. The molecule has 25 heavy (non-hydrogen) atoms. The van der Waals surface area contributed by atoms with Crippen LogP contribution in [0.15, 0.2) is 35.8 Å². The molecule has 0 radical (unpaired) electrons. The van der Waals surface area contributed by atoms with E-state index in [9.17, 15) is 4.39 Å². The Labute approximate surface area is 149 Å². The summed E-state index contributed by atoms with van der Waals surface area (Å²) >= 11 is 1.72. The summed E-state index contributed by atoms with van der Waals surface area (Å²) in [5.41, 5.74) is 4.50. The van der Waals surface area contributed by atoms with Crippen LogP contribution in [0.2, 0.25) is 0 Å². The second kappa shape index (κ2) is 5.75. The van der Waals surface area contributed by atoms with Gasteiger partial charge in [-0.3, -0.25) is 9.58 Å². The molecule has 0 bridgehead atoms. The minimum absolute atomic E-state index is 0.205. The van der Waals surface area contributed by atoms with E-state index in [0.29, 0.717) is 11.8 Å². The Morgan fingerprint density at radius 3 is 3.04 bits per heavy atom. The van der Waals surface area contributed by atoms with Crippen LogP contribution in [0.4, 0.5) is 4.39 Å². The van der Waals surface area contributed by atoms with Crippen LogP contribution in [0.1, 0.15) is 22.2 Å². The van der Waals surface area contributed by atoms with Gasteiger partial charge in [-0.15, -0.1) is 11.3 Å². The summed E-state index contributed by atoms with van der Waals surface area (Å²) in [5.74, 6) is 0.914. The van der Waals surface area contributed by atoms with Gasteiger partial charge in [-0.1, -0.05) is 12.1 Å². The lowest BCUT2D eigenvalue weighted by Gasteiger charge is -2.15. The molecule has 0 unspecified atom stereocenters. The summed E-state index contributed by atoms with van der Waals surface area (Å²) < 4.78 is 15.7. The highest BCUT2D eigenvalue weighted by Crippen LogP contribution is 2.47. The number of benzene rings is 1. The number of aryl methyl sites for hydroxylation is 1. The van der Waals surface area contributed by atoms with Crippen LogP contribution in [0, 0.1) is 11.7 Å². The molecule has 0 N–H and O–H groups in total. The number of hydrogen-bond donors (Lipinski definition) is 0. The molecule has 2 aromatic heterocycles. The van der Waals surface area contributed by atoms with Crippen LogP contribution < -0.4 is 0 Å². The number of hydrogen-bond acceptors (Lipinski definition) is 4. The molecule has 2 atom stereocenters. The molecule has 1 aliphatic heterocycles. The Bertz CT molecular complexity index is 918. The first kappa shape index (κ1) is 15.2. The third-order valence-electron chi connectivity index (χ3n) is 5.49. The minimum atomic E-state index is -0.205. The highest BCUT2D eigenvalue weighted by Gasteiger charge is 2.43. The number of halogens is 1. The van der Waals surface area contributed by atoms with Crippen LogP contribution in [0.25, 0.3) is 11.3 Å². The number of thiazole rings is 1. The van der Waals surface area contributed by atoms with Crippen LogP contribution in [-0.4, -0.2) is 32.8 Å². The lowest BCUT2D eigenvalue weighted by molar-refractivity contribution is 0.313. The average molecular weight is 354 g/mol.